The Morgan fingerprint density at radius 2 is 2.11 bits per heavy atom. The van der Waals surface area contributed by atoms with Crippen LogP contribution in [0.2, 0.25) is 0 Å². The van der Waals surface area contributed by atoms with Crippen LogP contribution in [0.5, 0.6) is 0 Å². The van der Waals surface area contributed by atoms with E-state index in [1.807, 2.05) is 43.3 Å². The van der Waals surface area contributed by atoms with Gasteiger partial charge in [-0.05, 0) is 24.4 Å². The van der Waals surface area contributed by atoms with E-state index >= 15 is 0 Å². The first kappa shape index (κ1) is 12.5. The molecule has 0 N–H and O–H groups in total. The third-order valence-corrected chi connectivity index (χ3v) is 3.75. The molecule has 0 aliphatic rings. The highest BCUT2D eigenvalue weighted by Crippen LogP contribution is 2.27. The van der Waals surface area contributed by atoms with Crippen LogP contribution in [0.4, 0.5) is 0 Å². The highest BCUT2D eigenvalue weighted by molar-refractivity contribution is 7.21. The number of carbonyl (C=O) groups is 1. The van der Waals surface area contributed by atoms with Crippen molar-refractivity contribution in [3.8, 4) is 0 Å². The number of carbonyl (C=O) groups excluding carboxylic acids is 1. The largest absolute Gasteiger partial charge is 0.288 e. The number of ketones is 1. The number of allylic oxidation sites excluding steroid dienone is 5. The molecule has 0 amide bonds. The van der Waals surface area contributed by atoms with E-state index in [2.05, 4.69) is 6.58 Å². The minimum Gasteiger partial charge on any atom is -0.288 e. The quantitative estimate of drug-likeness (QED) is 0.436. The van der Waals surface area contributed by atoms with E-state index in [1.165, 1.54) is 11.3 Å². The van der Waals surface area contributed by atoms with Crippen LogP contribution in [-0.4, -0.2) is 5.78 Å². The van der Waals surface area contributed by atoms with Gasteiger partial charge < -0.3 is 0 Å². The molecule has 1 heterocycles. The van der Waals surface area contributed by atoms with Crippen molar-refractivity contribution in [2.75, 3.05) is 0 Å². The summed E-state index contributed by atoms with van der Waals surface area (Å²) in [6.45, 7) is 5.48. The van der Waals surface area contributed by atoms with E-state index in [1.54, 1.807) is 18.2 Å². The Hall–Kier alpha value is -1.93. The van der Waals surface area contributed by atoms with Crippen LogP contribution in [0.1, 0.15) is 16.6 Å². The molecule has 0 bridgehead atoms. The molecule has 2 aromatic rings. The van der Waals surface area contributed by atoms with E-state index in [0.717, 1.165) is 15.0 Å². The number of benzene rings is 1. The van der Waals surface area contributed by atoms with E-state index in [0.29, 0.717) is 5.57 Å². The Labute approximate surface area is 111 Å². The Kier molecular flexibility index (Phi) is 3.90. The van der Waals surface area contributed by atoms with Gasteiger partial charge in [-0.1, -0.05) is 49.1 Å². The molecule has 0 fully saturated rings. The van der Waals surface area contributed by atoms with Crippen LogP contribution in [0.3, 0.4) is 0 Å². The van der Waals surface area contributed by atoms with Gasteiger partial charge in [-0.3, -0.25) is 4.79 Å². The summed E-state index contributed by atoms with van der Waals surface area (Å²) in [6.07, 6.45) is 7.06. The summed E-state index contributed by atoms with van der Waals surface area (Å²) in [7, 11) is 0. The lowest BCUT2D eigenvalue weighted by Crippen LogP contribution is -1.98. The Morgan fingerprint density at radius 3 is 2.78 bits per heavy atom. The van der Waals surface area contributed by atoms with Crippen LogP contribution in [0, 0.1) is 0 Å². The van der Waals surface area contributed by atoms with Crippen LogP contribution in [0.15, 0.2) is 66.8 Å². The van der Waals surface area contributed by atoms with Gasteiger partial charge in [0.1, 0.15) is 0 Å². The van der Waals surface area contributed by atoms with E-state index in [4.69, 9.17) is 0 Å². The molecular formula is C16H14OS. The number of hydrogen-bond donors (Lipinski definition) is 0. The van der Waals surface area contributed by atoms with Gasteiger partial charge in [0.05, 0.1) is 4.88 Å². The molecule has 0 saturated carbocycles. The second kappa shape index (κ2) is 5.61. The van der Waals surface area contributed by atoms with Crippen LogP contribution < -0.4 is 0 Å². The smallest absolute Gasteiger partial charge is 0.202 e. The molecule has 1 aromatic carbocycles. The molecule has 0 saturated heterocycles. The maximum absolute atomic E-state index is 12.3. The fourth-order valence-electron chi connectivity index (χ4n) is 1.71. The van der Waals surface area contributed by atoms with Gasteiger partial charge in [-0.15, -0.1) is 11.3 Å². The zero-order chi connectivity index (χ0) is 13.0. The molecular weight excluding hydrogens is 240 g/mol. The zero-order valence-corrected chi connectivity index (χ0v) is 11.0. The lowest BCUT2D eigenvalue weighted by molar-refractivity contribution is 0.104. The third-order valence-electron chi connectivity index (χ3n) is 2.63. The predicted molar refractivity (Wildman–Crippen MR) is 79.2 cm³/mol. The summed E-state index contributed by atoms with van der Waals surface area (Å²) in [5, 5.41) is 1.12. The van der Waals surface area contributed by atoms with E-state index < -0.39 is 0 Å². The van der Waals surface area contributed by atoms with Gasteiger partial charge in [0.2, 0.25) is 5.78 Å². The topological polar surface area (TPSA) is 17.1 Å². The highest BCUT2D eigenvalue weighted by Gasteiger charge is 2.12. The Morgan fingerprint density at radius 1 is 1.33 bits per heavy atom. The molecule has 90 valence electrons. The zero-order valence-electron chi connectivity index (χ0n) is 10.2. The lowest BCUT2D eigenvalue weighted by atomic mass is 10.1. The fourth-order valence-corrected chi connectivity index (χ4v) is 2.74. The number of Topliss-reactive ketones (excluding diaryl/α,β-unsaturated/α-hetero) is 1. The van der Waals surface area contributed by atoms with Gasteiger partial charge in [0.15, 0.2) is 0 Å². The van der Waals surface area contributed by atoms with Crippen LogP contribution >= 0.6 is 11.3 Å². The second-order valence-corrected chi connectivity index (χ2v) is 4.90. The van der Waals surface area contributed by atoms with Crippen molar-refractivity contribution in [3.63, 3.8) is 0 Å². The summed E-state index contributed by atoms with van der Waals surface area (Å²) < 4.78 is 1.14. The Balaban J connectivity index is 2.38. The Bertz CT molecular complexity index is 611. The molecule has 2 heteroatoms. The monoisotopic (exact) mass is 254 g/mol. The first-order valence-corrected chi connectivity index (χ1v) is 6.56. The normalized spacial score (nSPS) is 12.2. The van der Waals surface area contributed by atoms with Gasteiger partial charge in [0.25, 0.3) is 0 Å². The molecule has 0 aliphatic heterocycles. The molecule has 0 spiro atoms. The summed E-state index contributed by atoms with van der Waals surface area (Å²) in [5.41, 5.74) is 0.696. The SMILES string of the molecule is C=C/C=C\C(=C/C)C(=O)c1cc2ccccc2s1. The summed E-state index contributed by atoms with van der Waals surface area (Å²) in [5.74, 6) is 0.0665. The molecule has 1 aromatic heterocycles. The second-order valence-electron chi connectivity index (χ2n) is 3.82. The van der Waals surface area contributed by atoms with E-state index in [9.17, 15) is 4.79 Å². The summed E-state index contributed by atoms with van der Waals surface area (Å²) in [4.78, 5) is 13.1. The fraction of sp³-hybridized carbons (Fsp3) is 0.0625. The summed E-state index contributed by atoms with van der Waals surface area (Å²) in [6, 6.07) is 9.98. The maximum Gasteiger partial charge on any atom is 0.202 e. The molecule has 18 heavy (non-hydrogen) atoms. The molecule has 0 unspecified atom stereocenters. The number of hydrogen-bond acceptors (Lipinski definition) is 2. The van der Waals surface area contributed by atoms with Crippen molar-refractivity contribution in [2.24, 2.45) is 0 Å². The third kappa shape index (κ3) is 2.49. The minimum absolute atomic E-state index is 0.0665. The number of thiophene rings is 1. The van der Waals surface area contributed by atoms with Gasteiger partial charge in [0, 0.05) is 10.3 Å². The number of rotatable bonds is 4. The van der Waals surface area contributed by atoms with Gasteiger partial charge in [-0.25, -0.2) is 0 Å². The first-order chi connectivity index (χ1) is 8.76. The van der Waals surface area contributed by atoms with Crippen molar-refractivity contribution in [2.45, 2.75) is 6.92 Å². The number of fused-ring (bicyclic) bond motifs is 1. The molecule has 0 atom stereocenters. The maximum atomic E-state index is 12.3. The van der Waals surface area contributed by atoms with Crippen molar-refractivity contribution in [1.82, 2.24) is 0 Å². The van der Waals surface area contributed by atoms with E-state index in [-0.39, 0.29) is 5.78 Å². The van der Waals surface area contributed by atoms with Crippen LogP contribution in [0.25, 0.3) is 10.1 Å². The van der Waals surface area contributed by atoms with Crippen molar-refractivity contribution < 1.29 is 4.79 Å². The standard InChI is InChI=1S/C16H14OS/c1-3-5-8-12(4-2)16(17)15-11-13-9-6-7-10-14(13)18-15/h3-11H,1H2,2H3/b8-5-,12-4+. The molecule has 2 rings (SSSR count). The van der Waals surface area contributed by atoms with Crippen molar-refractivity contribution in [3.05, 3.63) is 71.7 Å². The lowest BCUT2D eigenvalue weighted by Gasteiger charge is -1.96. The van der Waals surface area contributed by atoms with Crippen molar-refractivity contribution >= 4 is 27.2 Å². The average molecular weight is 254 g/mol. The first-order valence-electron chi connectivity index (χ1n) is 5.75. The predicted octanol–water partition coefficient (Wildman–Crippen LogP) is 4.77. The van der Waals surface area contributed by atoms with Gasteiger partial charge >= 0.3 is 0 Å². The molecule has 0 radical (unpaired) electrons. The molecule has 0 aliphatic carbocycles. The van der Waals surface area contributed by atoms with Crippen molar-refractivity contribution in [1.29, 1.82) is 0 Å². The highest BCUT2D eigenvalue weighted by atomic mass is 32.1. The minimum atomic E-state index is 0.0665. The van der Waals surface area contributed by atoms with Crippen LogP contribution in [-0.2, 0) is 0 Å². The van der Waals surface area contributed by atoms with Gasteiger partial charge in [-0.2, -0.15) is 0 Å². The molecule has 1 nitrogen and oxygen atoms in total. The summed E-state index contributed by atoms with van der Waals surface area (Å²) >= 11 is 1.53. The average Bonchev–Trinajstić information content (AvgIpc) is 2.83.